The third-order valence-corrected chi connectivity index (χ3v) is 5.56. The van der Waals surface area contributed by atoms with Crippen molar-refractivity contribution in [1.29, 1.82) is 0 Å². The molecule has 4 rings (SSSR count). The minimum Gasteiger partial charge on any atom is -0.493 e. The van der Waals surface area contributed by atoms with Crippen LogP contribution in [-0.4, -0.2) is 19.0 Å². The molecule has 8 heteroatoms. The van der Waals surface area contributed by atoms with Crippen molar-refractivity contribution in [2.24, 2.45) is 0 Å². The van der Waals surface area contributed by atoms with Crippen LogP contribution in [0.25, 0.3) is 6.08 Å². The first-order chi connectivity index (χ1) is 16.9. The largest absolute Gasteiger partial charge is 0.493 e. The molecule has 1 N–H and O–H groups in total. The number of benzene rings is 3. The van der Waals surface area contributed by atoms with Gasteiger partial charge in [0, 0.05) is 10.6 Å². The smallest absolute Gasteiger partial charge is 0.333 e. The molecule has 3 amide bonds. The van der Waals surface area contributed by atoms with Crippen molar-refractivity contribution in [2.75, 3.05) is 12.0 Å². The highest BCUT2D eigenvalue weighted by Crippen LogP contribution is 2.35. The van der Waals surface area contributed by atoms with Crippen molar-refractivity contribution in [2.45, 2.75) is 13.0 Å². The van der Waals surface area contributed by atoms with Crippen molar-refractivity contribution >= 4 is 35.3 Å². The number of halogens is 2. The standard InChI is InChI=1S/C27H22ClFN2O4/c1-3-4-19-13-18(15-24(34-2)25(19)35-16-17-5-9-21(29)10-6-17)14-23-26(32)31(27(33)30-23)22-11-7-20(28)8-12-22/h3,5-15H,1,4,16H2,2H3,(H,30,33)/b23-14+. The summed E-state index contributed by atoms with van der Waals surface area (Å²) in [4.78, 5) is 26.5. The van der Waals surface area contributed by atoms with E-state index in [4.69, 9.17) is 21.1 Å². The van der Waals surface area contributed by atoms with Crippen LogP contribution in [0.1, 0.15) is 16.7 Å². The molecule has 1 fully saturated rings. The first kappa shape index (κ1) is 24.0. The van der Waals surface area contributed by atoms with E-state index in [1.54, 1.807) is 54.6 Å². The summed E-state index contributed by atoms with van der Waals surface area (Å²) in [6, 6.07) is 15.4. The molecule has 1 saturated heterocycles. The third kappa shape index (κ3) is 5.36. The molecule has 0 bridgehead atoms. The van der Waals surface area contributed by atoms with Crippen LogP contribution < -0.4 is 19.7 Å². The van der Waals surface area contributed by atoms with Gasteiger partial charge in [-0.3, -0.25) is 4.79 Å². The van der Waals surface area contributed by atoms with Crippen LogP contribution in [0.2, 0.25) is 5.02 Å². The Balaban J connectivity index is 1.63. The van der Waals surface area contributed by atoms with Gasteiger partial charge in [0.15, 0.2) is 11.5 Å². The van der Waals surface area contributed by atoms with Gasteiger partial charge in [-0.1, -0.05) is 29.8 Å². The second kappa shape index (κ2) is 10.4. The molecule has 3 aromatic carbocycles. The van der Waals surface area contributed by atoms with Crippen molar-refractivity contribution < 1.29 is 23.5 Å². The maximum atomic E-state index is 13.2. The number of rotatable bonds is 8. The molecule has 178 valence electrons. The Hall–Kier alpha value is -4.10. The van der Waals surface area contributed by atoms with Crippen LogP contribution in [0.5, 0.6) is 11.5 Å². The van der Waals surface area contributed by atoms with E-state index in [9.17, 15) is 14.0 Å². The van der Waals surface area contributed by atoms with Gasteiger partial charge in [0.25, 0.3) is 5.91 Å². The highest BCUT2D eigenvalue weighted by atomic mass is 35.5. The second-order valence-electron chi connectivity index (χ2n) is 7.72. The number of amides is 3. The highest BCUT2D eigenvalue weighted by Gasteiger charge is 2.34. The van der Waals surface area contributed by atoms with Gasteiger partial charge in [0.1, 0.15) is 18.1 Å². The molecule has 6 nitrogen and oxygen atoms in total. The third-order valence-electron chi connectivity index (χ3n) is 5.31. The van der Waals surface area contributed by atoms with Crippen LogP contribution in [0, 0.1) is 5.82 Å². The van der Waals surface area contributed by atoms with E-state index in [0.717, 1.165) is 16.0 Å². The van der Waals surface area contributed by atoms with Crippen molar-refractivity contribution in [3.63, 3.8) is 0 Å². The number of urea groups is 1. The Morgan fingerprint density at radius 3 is 2.46 bits per heavy atom. The molecule has 35 heavy (non-hydrogen) atoms. The van der Waals surface area contributed by atoms with Gasteiger partial charge in [0.05, 0.1) is 12.8 Å². The topological polar surface area (TPSA) is 67.9 Å². The highest BCUT2D eigenvalue weighted by molar-refractivity contribution is 6.31. The Labute approximate surface area is 207 Å². The van der Waals surface area contributed by atoms with E-state index in [2.05, 4.69) is 11.9 Å². The summed E-state index contributed by atoms with van der Waals surface area (Å²) in [5.41, 5.74) is 2.74. The molecule has 0 saturated carbocycles. The van der Waals surface area contributed by atoms with E-state index in [-0.39, 0.29) is 18.1 Å². The number of carbonyl (C=O) groups is 2. The summed E-state index contributed by atoms with van der Waals surface area (Å²) < 4.78 is 24.8. The van der Waals surface area contributed by atoms with Gasteiger partial charge in [0.2, 0.25) is 0 Å². The number of imide groups is 1. The average Bonchev–Trinajstić information content (AvgIpc) is 3.12. The van der Waals surface area contributed by atoms with Crippen LogP contribution >= 0.6 is 11.6 Å². The summed E-state index contributed by atoms with van der Waals surface area (Å²) in [6.45, 7) is 4.02. The Morgan fingerprint density at radius 2 is 1.80 bits per heavy atom. The lowest BCUT2D eigenvalue weighted by atomic mass is 10.0. The lowest BCUT2D eigenvalue weighted by Crippen LogP contribution is -2.30. The number of nitrogens with one attached hydrogen (secondary N) is 1. The normalized spacial score (nSPS) is 14.3. The molecule has 0 atom stereocenters. The fraction of sp³-hybridized carbons (Fsp3) is 0.111. The Bertz CT molecular complexity index is 1300. The van der Waals surface area contributed by atoms with E-state index in [0.29, 0.717) is 34.2 Å². The van der Waals surface area contributed by atoms with Crippen LogP contribution in [0.4, 0.5) is 14.9 Å². The molecule has 1 aliphatic heterocycles. The number of methoxy groups -OCH3 is 1. The summed E-state index contributed by atoms with van der Waals surface area (Å²) in [5.74, 6) is 0.158. The Kier molecular flexibility index (Phi) is 7.17. The zero-order chi connectivity index (χ0) is 24.9. The lowest BCUT2D eigenvalue weighted by Gasteiger charge is -2.16. The van der Waals surface area contributed by atoms with Gasteiger partial charge >= 0.3 is 6.03 Å². The van der Waals surface area contributed by atoms with Crippen LogP contribution in [-0.2, 0) is 17.8 Å². The van der Waals surface area contributed by atoms with E-state index < -0.39 is 11.9 Å². The molecule has 0 aromatic heterocycles. The predicted molar refractivity (Wildman–Crippen MR) is 133 cm³/mol. The maximum Gasteiger partial charge on any atom is 0.333 e. The fourth-order valence-corrected chi connectivity index (χ4v) is 3.78. The minimum atomic E-state index is -0.555. The van der Waals surface area contributed by atoms with Crippen LogP contribution in [0.3, 0.4) is 0 Å². The molecule has 0 unspecified atom stereocenters. The van der Waals surface area contributed by atoms with Gasteiger partial charge < -0.3 is 14.8 Å². The zero-order valence-corrected chi connectivity index (χ0v) is 19.6. The summed E-state index contributed by atoms with van der Waals surface area (Å²) in [7, 11) is 1.51. The SMILES string of the molecule is C=CCc1cc(/C=C2/NC(=O)N(c3ccc(Cl)cc3)C2=O)cc(OC)c1OCc1ccc(F)cc1. The maximum absolute atomic E-state index is 13.2. The quantitative estimate of drug-likeness (QED) is 0.242. The monoisotopic (exact) mass is 492 g/mol. The van der Waals surface area contributed by atoms with Gasteiger partial charge in [-0.05, 0) is 72.2 Å². The molecule has 0 radical (unpaired) electrons. The second-order valence-corrected chi connectivity index (χ2v) is 8.16. The molecule has 0 aliphatic carbocycles. The number of nitrogens with zero attached hydrogens (tertiary/aromatic N) is 1. The van der Waals surface area contributed by atoms with Gasteiger partial charge in [-0.15, -0.1) is 6.58 Å². The Morgan fingerprint density at radius 1 is 1.09 bits per heavy atom. The molecular weight excluding hydrogens is 471 g/mol. The van der Waals surface area contributed by atoms with E-state index >= 15 is 0 Å². The molecular formula is C27H22ClFN2O4. The predicted octanol–water partition coefficient (Wildman–Crippen LogP) is 5.89. The van der Waals surface area contributed by atoms with Crippen molar-refractivity contribution in [1.82, 2.24) is 5.32 Å². The van der Waals surface area contributed by atoms with E-state index in [1.807, 2.05) is 6.07 Å². The number of carbonyl (C=O) groups excluding carboxylic acids is 2. The molecule has 0 spiro atoms. The first-order valence-corrected chi connectivity index (χ1v) is 11.1. The number of anilines is 1. The van der Waals surface area contributed by atoms with Gasteiger partial charge in [-0.2, -0.15) is 0 Å². The minimum absolute atomic E-state index is 0.122. The lowest BCUT2D eigenvalue weighted by molar-refractivity contribution is -0.113. The van der Waals surface area contributed by atoms with E-state index in [1.165, 1.54) is 19.2 Å². The van der Waals surface area contributed by atoms with Crippen molar-refractivity contribution in [3.05, 3.63) is 107 Å². The van der Waals surface area contributed by atoms with Crippen molar-refractivity contribution in [3.8, 4) is 11.5 Å². The van der Waals surface area contributed by atoms with Gasteiger partial charge in [-0.25, -0.2) is 14.1 Å². The molecule has 1 heterocycles. The summed E-state index contributed by atoms with van der Waals surface area (Å²) >= 11 is 5.91. The number of hydrogen-bond donors (Lipinski definition) is 1. The number of hydrogen-bond acceptors (Lipinski definition) is 4. The number of ether oxygens (including phenoxy) is 2. The zero-order valence-electron chi connectivity index (χ0n) is 18.9. The fourth-order valence-electron chi connectivity index (χ4n) is 3.65. The average molecular weight is 493 g/mol. The summed E-state index contributed by atoms with van der Waals surface area (Å²) in [6.07, 6.45) is 3.78. The molecule has 3 aromatic rings. The summed E-state index contributed by atoms with van der Waals surface area (Å²) in [5, 5.41) is 3.11. The van der Waals surface area contributed by atoms with Crippen LogP contribution in [0.15, 0.2) is 79.0 Å². The molecule has 1 aliphatic rings. The first-order valence-electron chi connectivity index (χ1n) is 10.7. The number of allylic oxidation sites excluding steroid dienone is 1.